The van der Waals surface area contributed by atoms with Gasteiger partial charge in [-0.25, -0.2) is 31.5 Å². The van der Waals surface area contributed by atoms with Crippen molar-refractivity contribution in [2.24, 2.45) is 0 Å². The first-order valence-corrected chi connectivity index (χ1v) is 14.5. The number of fused-ring (bicyclic) bond motifs is 6. The Balaban J connectivity index is 0.000000569. The Labute approximate surface area is 255 Å². The second-order valence-electron chi connectivity index (χ2n) is 9.10. The number of methoxy groups -OCH3 is 1. The largest absolute Gasteiger partial charge is 1.00 e. The number of rotatable bonds is 3. The first-order chi connectivity index (χ1) is 18.5. The van der Waals surface area contributed by atoms with Gasteiger partial charge in [0.25, 0.3) is 0 Å². The van der Waals surface area contributed by atoms with E-state index in [2.05, 4.69) is 24.3 Å². The summed E-state index contributed by atoms with van der Waals surface area (Å²) in [5.41, 5.74) is 8.33. The van der Waals surface area contributed by atoms with Gasteiger partial charge in [-0.1, -0.05) is 42.5 Å². The molecule has 202 valence electrons. The molecule has 0 N–H and O–H groups in total. The predicted molar refractivity (Wildman–Crippen MR) is 129 cm³/mol. The second-order valence-corrected chi connectivity index (χ2v) is 11.2. The Morgan fingerprint density at radius 3 is 1.70 bits per heavy atom. The second kappa shape index (κ2) is 11.9. The molecule has 2 aliphatic carbocycles. The van der Waals surface area contributed by atoms with Crippen LogP contribution in [0.3, 0.4) is 0 Å². The first-order valence-electron chi connectivity index (χ1n) is 11.9. The summed E-state index contributed by atoms with van der Waals surface area (Å²) in [6.45, 7) is 0. The molecule has 3 aromatic carbocycles. The molecule has 1 aromatic heterocycles. The third-order valence-electron chi connectivity index (χ3n) is 6.89. The molecule has 6 rings (SSSR count). The minimum atomic E-state index is -4.94. The number of hydrogen-bond donors (Lipinski definition) is 0. The quantitative estimate of drug-likeness (QED) is 0.147. The standard InChI is InChI=1S/C28H22O5S.ClHO4.Na/c1-32-24-15-12-19(16-25(24)34(29,30)31)26-22-13-10-17-6-2-4-8-20(17)27(22)33-28-21-9-5-3-7-18(21)11-14-23(26)28;2-1(3,4)5;/h2-9,12,15-16H,10-11,13-14H2,1H3;(H,2,3,4,5);/q;;+1/p-1. The van der Waals surface area contributed by atoms with Gasteiger partial charge in [0, 0.05) is 5.56 Å². The van der Waals surface area contributed by atoms with Crippen molar-refractivity contribution in [3.05, 3.63) is 89.0 Å². The fourth-order valence-corrected chi connectivity index (χ4v) is 6.03. The minimum Gasteiger partial charge on any atom is -0.744 e. The topological polar surface area (TPSA) is 170 Å². The Bertz CT molecular complexity index is 1600. The van der Waals surface area contributed by atoms with Crippen LogP contribution in [0.2, 0.25) is 0 Å². The van der Waals surface area contributed by atoms with Gasteiger partial charge in [0.05, 0.1) is 34.3 Å². The summed E-state index contributed by atoms with van der Waals surface area (Å²) >= 11 is 0. The van der Waals surface area contributed by atoms with Crippen molar-refractivity contribution in [2.45, 2.75) is 30.6 Å². The van der Waals surface area contributed by atoms with Crippen LogP contribution in [-0.4, -0.2) is 20.1 Å². The molecule has 9 nitrogen and oxygen atoms in total. The van der Waals surface area contributed by atoms with Gasteiger partial charge in [0.2, 0.25) is 0 Å². The maximum Gasteiger partial charge on any atom is 1.00 e. The summed E-state index contributed by atoms with van der Waals surface area (Å²) in [5, 5.41) is 0. The number of aryl methyl sites for hydroxylation is 2. The van der Waals surface area contributed by atoms with Gasteiger partial charge in [-0.15, -0.1) is 10.2 Å². The maximum atomic E-state index is 12.0. The van der Waals surface area contributed by atoms with E-state index in [0.717, 1.165) is 65.0 Å². The van der Waals surface area contributed by atoms with Gasteiger partial charge in [-0.05, 0) is 66.6 Å². The summed E-state index contributed by atoms with van der Waals surface area (Å²) in [4.78, 5) is -0.344. The average Bonchev–Trinajstić information content (AvgIpc) is 2.90. The van der Waals surface area contributed by atoms with Gasteiger partial charge in [0.15, 0.2) is 0 Å². The molecule has 4 aromatic rings. The van der Waals surface area contributed by atoms with Crippen LogP contribution >= 0.6 is 0 Å². The molecule has 0 saturated carbocycles. The molecular formula is C28H22ClNaO9S. The van der Waals surface area contributed by atoms with Gasteiger partial charge < -0.3 is 9.29 Å². The molecule has 40 heavy (non-hydrogen) atoms. The summed E-state index contributed by atoms with van der Waals surface area (Å²) in [6.07, 6.45) is 3.27. The Morgan fingerprint density at radius 2 is 1.25 bits per heavy atom. The maximum absolute atomic E-state index is 12.0. The summed E-state index contributed by atoms with van der Waals surface area (Å²) in [5.74, 6) is 1.68. The Morgan fingerprint density at radius 1 is 0.775 bits per heavy atom. The minimum absolute atomic E-state index is 0. The number of hydrogen-bond acceptors (Lipinski definition) is 8. The number of benzene rings is 3. The van der Waals surface area contributed by atoms with Crippen LogP contribution in [0.15, 0.2) is 76.0 Å². The van der Waals surface area contributed by atoms with E-state index >= 15 is 0 Å². The smallest absolute Gasteiger partial charge is 0.744 e. The Hall–Kier alpha value is -2.35. The molecule has 0 unspecified atom stereocenters. The van der Waals surface area contributed by atoms with E-state index < -0.39 is 20.4 Å². The molecule has 0 spiro atoms. The molecule has 1 heterocycles. The monoisotopic (exact) mass is 592 g/mol. The van der Waals surface area contributed by atoms with Crippen molar-refractivity contribution >= 4 is 10.1 Å². The van der Waals surface area contributed by atoms with Gasteiger partial charge in [-0.3, -0.25) is 0 Å². The van der Waals surface area contributed by atoms with Crippen molar-refractivity contribution in [3.63, 3.8) is 0 Å². The zero-order chi connectivity index (χ0) is 27.9. The SMILES string of the molecule is COc1ccc(-c2c3c([o+]c4c2CCc2ccccc2-4)-c2ccccc2CC3)cc1S(=O)(=O)[O-].[Na+].[O-][Cl+3]([O-])([O-])[O-]. The van der Waals surface area contributed by atoms with Crippen LogP contribution in [0.25, 0.3) is 33.8 Å². The molecular weight excluding hydrogens is 571 g/mol. The third-order valence-corrected chi connectivity index (χ3v) is 7.75. The average molecular weight is 593 g/mol. The van der Waals surface area contributed by atoms with E-state index in [1.54, 1.807) is 6.07 Å². The molecule has 0 radical (unpaired) electrons. The number of halogens is 1. The van der Waals surface area contributed by atoms with Crippen LogP contribution in [-0.2, 0) is 35.8 Å². The van der Waals surface area contributed by atoms with Gasteiger partial charge in [-0.2, -0.15) is 0 Å². The van der Waals surface area contributed by atoms with E-state index in [-0.39, 0.29) is 40.2 Å². The third kappa shape index (κ3) is 6.27. The van der Waals surface area contributed by atoms with Crippen molar-refractivity contribution in [1.82, 2.24) is 0 Å². The van der Waals surface area contributed by atoms with Crippen LogP contribution in [0, 0.1) is 10.2 Å². The predicted octanol–water partition coefficient (Wildman–Crippen LogP) is -2.08. The zero-order valence-corrected chi connectivity index (χ0v) is 25.2. The fourth-order valence-electron chi connectivity index (χ4n) is 5.36. The van der Waals surface area contributed by atoms with E-state index in [9.17, 15) is 13.0 Å². The zero-order valence-electron chi connectivity index (χ0n) is 21.6. The van der Waals surface area contributed by atoms with E-state index in [1.165, 1.54) is 24.3 Å². The Kier molecular flexibility index (Phi) is 9.08. The van der Waals surface area contributed by atoms with E-state index in [4.69, 9.17) is 27.8 Å². The fraction of sp³-hybridized carbons (Fsp3) is 0.179. The van der Waals surface area contributed by atoms with E-state index in [1.807, 2.05) is 30.3 Å². The van der Waals surface area contributed by atoms with Crippen LogP contribution in [0.4, 0.5) is 0 Å². The van der Waals surface area contributed by atoms with Crippen molar-refractivity contribution in [3.8, 4) is 39.5 Å². The van der Waals surface area contributed by atoms with Crippen molar-refractivity contribution in [1.29, 1.82) is 0 Å². The molecule has 0 fully saturated rings. The molecule has 0 amide bonds. The van der Waals surface area contributed by atoms with Crippen LogP contribution in [0.5, 0.6) is 5.75 Å². The van der Waals surface area contributed by atoms with Crippen LogP contribution < -0.4 is 52.9 Å². The van der Waals surface area contributed by atoms with Crippen molar-refractivity contribution < 1.29 is 80.6 Å². The summed E-state index contributed by atoms with van der Waals surface area (Å²) in [7, 11) is -8.30. The van der Waals surface area contributed by atoms with Gasteiger partial charge in [0.1, 0.15) is 15.9 Å². The number of ether oxygens (including phenoxy) is 1. The summed E-state index contributed by atoms with van der Waals surface area (Å²) in [6, 6.07) is 21.3. The summed E-state index contributed by atoms with van der Waals surface area (Å²) < 4.78 is 82.0. The molecule has 0 bridgehead atoms. The molecule has 2 aliphatic rings. The first kappa shape index (κ1) is 30.6. The van der Waals surface area contributed by atoms with E-state index in [0.29, 0.717) is 5.56 Å². The molecule has 0 atom stereocenters. The molecule has 12 heteroatoms. The molecule has 0 saturated heterocycles. The van der Waals surface area contributed by atoms with Crippen molar-refractivity contribution in [2.75, 3.05) is 7.11 Å². The van der Waals surface area contributed by atoms with Crippen LogP contribution in [0.1, 0.15) is 22.3 Å². The normalized spacial score (nSPS) is 13.3. The van der Waals surface area contributed by atoms with Gasteiger partial charge >= 0.3 is 41.1 Å². The molecule has 0 aliphatic heterocycles.